The number of carbonyl (C=O) groups excluding carboxylic acids is 1. The lowest BCUT2D eigenvalue weighted by atomic mass is 9.99. The Kier molecular flexibility index (Phi) is 31.5. The molecule has 1 saturated heterocycles. The Morgan fingerprint density at radius 3 is 1.59 bits per heavy atom. The summed E-state index contributed by atoms with van der Waals surface area (Å²) in [5.41, 5.74) is 0. The van der Waals surface area contributed by atoms with E-state index in [1.54, 1.807) is 0 Å². The molecule has 1 aliphatic heterocycles. The van der Waals surface area contributed by atoms with Crippen molar-refractivity contribution in [2.75, 3.05) is 13.2 Å². The van der Waals surface area contributed by atoms with Crippen molar-refractivity contribution in [3.8, 4) is 0 Å². The normalized spacial score (nSPS) is 22.1. The number of aliphatic hydroxyl groups excluding tert-OH is 5. The number of aliphatic hydroxyl groups is 5. The van der Waals surface area contributed by atoms with Gasteiger partial charge in [-0.05, 0) is 38.5 Å². The molecule has 0 saturated carbocycles. The van der Waals surface area contributed by atoms with Gasteiger partial charge in [-0.15, -0.1) is 0 Å². The first kappa shape index (κ1) is 48.0. The van der Waals surface area contributed by atoms with Crippen LogP contribution in [0.5, 0.6) is 0 Å². The molecular formula is C42H81NO8. The largest absolute Gasteiger partial charge is 0.394 e. The highest BCUT2D eigenvalue weighted by Crippen LogP contribution is 2.23. The smallest absolute Gasteiger partial charge is 0.220 e. The fourth-order valence-corrected chi connectivity index (χ4v) is 6.86. The minimum atomic E-state index is -1.55. The van der Waals surface area contributed by atoms with Gasteiger partial charge in [0.15, 0.2) is 6.29 Å². The standard InChI is InChI=1S/C42H81NO8/c1-3-5-7-8-9-10-11-12-13-14-15-16-17-18-19-20-21-22-23-24-25-26-27-28-30-32-38(46)43-35(36(45)31-29-6-4-2)34-50-42-41(49)40(48)39(47)37(33-44)51-42/h14-15,35-37,39-42,44-45,47-49H,3-13,16-34H2,1-2H3,(H,43,46)/b15-14-. The number of carbonyl (C=O) groups is 1. The fourth-order valence-electron chi connectivity index (χ4n) is 6.86. The van der Waals surface area contributed by atoms with Crippen molar-refractivity contribution in [1.29, 1.82) is 0 Å². The van der Waals surface area contributed by atoms with E-state index in [9.17, 15) is 30.3 Å². The van der Waals surface area contributed by atoms with Crippen LogP contribution in [0, 0.1) is 0 Å². The maximum absolute atomic E-state index is 12.8. The monoisotopic (exact) mass is 728 g/mol. The summed E-state index contributed by atoms with van der Waals surface area (Å²) in [6.07, 6.45) is 30.4. The quantitative estimate of drug-likeness (QED) is 0.0283. The van der Waals surface area contributed by atoms with Gasteiger partial charge in [-0.25, -0.2) is 0 Å². The predicted octanol–water partition coefficient (Wildman–Crippen LogP) is 8.17. The van der Waals surface area contributed by atoms with Crippen LogP contribution in [0.1, 0.15) is 194 Å². The maximum Gasteiger partial charge on any atom is 0.220 e. The molecular weight excluding hydrogens is 646 g/mol. The van der Waals surface area contributed by atoms with Gasteiger partial charge >= 0.3 is 0 Å². The van der Waals surface area contributed by atoms with Crippen molar-refractivity contribution in [2.45, 2.75) is 236 Å². The molecule has 7 atom stereocenters. The van der Waals surface area contributed by atoms with Crippen molar-refractivity contribution in [3.05, 3.63) is 12.2 Å². The van der Waals surface area contributed by atoms with Crippen molar-refractivity contribution in [3.63, 3.8) is 0 Å². The van der Waals surface area contributed by atoms with Crippen molar-refractivity contribution >= 4 is 5.91 Å². The minimum Gasteiger partial charge on any atom is -0.394 e. The van der Waals surface area contributed by atoms with E-state index < -0.39 is 49.5 Å². The second-order valence-corrected chi connectivity index (χ2v) is 15.1. The molecule has 1 amide bonds. The summed E-state index contributed by atoms with van der Waals surface area (Å²) < 4.78 is 11.1. The van der Waals surface area contributed by atoms with Gasteiger partial charge < -0.3 is 40.3 Å². The van der Waals surface area contributed by atoms with Crippen LogP contribution >= 0.6 is 0 Å². The number of ether oxygens (including phenoxy) is 2. The molecule has 1 aliphatic rings. The second-order valence-electron chi connectivity index (χ2n) is 15.1. The third-order valence-corrected chi connectivity index (χ3v) is 10.4. The van der Waals surface area contributed by atoms with Crippen molar-refractivity contribution in [1.82, 2.24) is 5.32 Å². The average molecular weight is 728 g/mol. The Morgan fingerprint density at radius 1 is 0.647 bits per heavy atom. The molecule has 302 valence electrons. The molecule has 1 heterocycles. The maximum atomic E-state index is 12.8. The van der Waals surface area contributed by atoms with Crippen LogP contribution in [0.15, 0.2) is 12.2 Å². The number of hydrogen-bond acceptors (Lipinski definition) is 8. The summed E-state index contributed by atoms with van der Waals surface area (Å²) in [6, 6.07) is -0.710. The Hall–Kier alpha value is -1.07. The Morgan fingerprint density at radius 2 is 1.10 bits per heavy atom. The van der Waals surface area contributed by atoms with Crippen LogP contribution in [0.2, 0.25) is 0 Å². The molecule has 7 unspecified atom stereocenters. The number of nitrogens with one attached hydrogen (secondary N) is 1. The van der Waals surface area contributed by atoms with Gasteiger partial charge in [0.25, 0.3) is 0 Å². The Labute approximate surface area is 312 Å². The topological polar surface area (TPSA) is 149 Å². The molecule has 0 radical (unpaired) electrons. The van der Waals surface area contributed by atoms with E-state index in [2.05, 4.69) is 31.3 Å². The number of amides is 1. The third kappa shape index (κ3) is 24.8. The number of hydrogen-bond donors (Lipinski definition) is 6. The highest BCUT2D eigenvalue weighted by Gasteiger charge is 2.44. The van der Waals surface area contributed by atoms with Crippen LogP contribution in [-0.4, -0.2) is 87.5 Å². The van der Waals surface area contributed by atoms with Crippen LogP contribution in [0.4, 0.5) is 0 Å². The SMILES string of the molecule is CCCCCCCCCC/C=C\CCCCCCCCCCCCCCCC(=O)NC(COC1OC(CO)C(O)C(O)C1O)C(O)CCCCC. The molecule has 0 aliphatic carbocycles. The van der Waals surface area contributed by atoms with E-state index in [0.29, 0.717) is 12.8 Å². The number of unbranched alkanes of at least 4 members (excludes halogenated alkanes) is 23. The van der Waals surface area contributed by atoms with E-state index in [-0.39, 0.29) is 12.5 Å². The van der Waals surface area contributed by atoms with Crippen molar-refractivity contribution < 1.29 is 39.8 Å². The first-order valence-corrected chi connectivity index (χ1v) is 21.4. The first-order valence-electron chi connectivity index (χ1n) is 21.4. The first-order chi connectivity index (χ1) is 24.8. The molecule has 0 aromatic heterocycles. The molecule has 0 aromatic carbocycles. The van der Waals surface area contributed by atoms with E-state index in [4.69, 9.17) is 9.47 Å². The Balaban J connectivity index is 2.06. The van der Waals surface area contributed by atoms with Crippen LogP contribution in [-0.2, 0) is 14.3 Å². The summed E-state index contributed by atoms with van der Waals surface area (Å²) in [7, 11) is 0. The van der Waals surface area contributed by atoms with Crippen LogP contribution in [0.25, 0.3) is 0 Å². The molecule has 9 nitrogen and oxygen atoms in total. The molecule has 1 fully saturated rings. The van der Waals surface area contributed by atoms with E-state index in [0.717, 1.165) is 38.5 Å². The molecule has 9 heteroatoms. The summed E-state index contributed by atoms with van der Waals surface area (Å²) in [4.78, 5) is 12.8. The van der Waals surface area contributed by atoms with E-state index >= 15 is 0 Å². The highest BCUT2D eigenvalue weighted by molar-refractivity contribution is 5.76. The summed E-state index contributed by atoms with van der Waals surface area (Å²) in [5.74, 6) is -0.155. The molecule has 1 rings (SSSR count). The molecule has 51 heavy (non-hydrogen) atoms. The van der Waals surface area contributed by atoms with Crippen LogP contribution < -0.4 is 5.32 Å². The van der Waals surface area contributed by atoms with Gasteiger partial charge in [0, 0.05) is 6.42 Å². The fraction of sp³-hybridized carbons (Fsp3) is 0.929. The summed E-state index contributed by atoms with van der Waals surface area (Å²) in [5, 5.41) is 53.5. The predicted molar refractivity (Wildman–Crippen MR) is 207 cm³/mol. The second kappa shape index (κ2) is 33.5. The highest BCUT2D eigenvalue weighted by atomic mass is 16.7. The minimum absolute atomic E-state index is 0.140. The molecule has 0 spiro atoms. The van der Waals surface area contributed by atoms with Gasteiger partial charge in [0.05, 0.1) is 25.4 Å². The van der Waals surface area contributed by atoms with Gasteiger partial charge in [-0.2, -0.15) is 0 Å². The van der Waals surface area contributed by atoms with Crippen molar-refractivity contribution in [2.24, 2.45) is 0 Å². The lowest BCUT2D eigenvalue weighted by molar-refractivity contribution is -0.302. The number of rotatable bonds is 35. The molecule has 0 bridgehead atoms. The van der Waals surface area contributed by atoms with Crippen LogP contribution in [0.3, 0.4) is 0 Å². The van der Waals surface area contributed by atoms with Gasteiger partial charge in [0.2, 0.25) is 5.91 Å². The molecule has 6 N–H and O–H groups in total. The van der Waals surface area contributed by atoms with Gasteiger partial charge in [-0.1, -0.05) is 161 Å². The zero-order valence-corrected chi connectivity index (χ0v) is 32.9. The number of allylic oxidation sites excluding steroid dienone is 2. The van der Waals surface area contributed by atoms with Gasteiger partial charge in [0.1, 0.15) is 24.4 Å². The summed E-state index contributed by atoms with van der Waals surface area (Å²) >= 11 is 0. The lowest BCUT2D eigenvalue weighted by Gasteiger charge is -2.40. The zero-order valence-electron chi connectivity index (χ0n) is 32.9. The summed E-state index contributed by atoms with van der Waals surface area (Å²) in [6.45, 7) is 3.66. The lowest BCUT2D eigenvalue weighted by Crippen LogP contribution is -2.60. The third-order valence-electron chi connectivity index (χ3n) is 10.4. The zero-order chi connectivity index (χ0) is 37.4. The molecule has 0 aromatic rings. The average Bonchev–Trinajstić information content (AvgIpc) is 3.13. The van der Waals surface area contributed by atoms with E-state index in [1.165, 1.54) is 128 Å². The Bertz CT molecular complexity index is 812. The van der Waals surface area contributed by atoms with Gasteiger partial charge in [-0.3, -0.25) is 4.79 Å². The van der Waals surface area contributed by atoms with E-state index in [1.807, 2.05) is 0 Å².